The standard InChI is InChI=1S/C12H23F3N2O/c1-2-16-11-4-7-17(8-5-11)6-3-9-18-10-12(13,14)15/h11,16H,2-10H2,1H3. The van der Waals surface area contributed by atoms with Gasteiger partial charge in [-0.1, -0.05) is 6.92 Å². The zero-order chi connectivity index (χ0) is 13.4. The van der Waals surface area contributed by atoms with Crippen molar-refractivity contribution >= 4 is 0 Å². The van der Waals surface area contributed by atoms with E-state index in [0.29, 0.717) is 12.5 Å². The molecule has 3 nitrogen and oxygen atoms in total. The van der Waals surface area contributed by atoms with Gasteiger partial charge in [0.25, 0.3) is 0 Å². The molecule has 0 atom stereocenters. The molecule has 0 radical (unpaired) electrons. The van der Waals surface area contributed by atoms with Gasteiger partial charge in [-0.2, -0.15) is 13.2 Å². The third-order valence-electron chi connectivity index (χ3n) is 3.11. The molecule has 1 rings (SSSR count). The van der Waals surface area contributed by atoms with Crippen LogP contribution in [-0.2, 0) is 4.74 Å². The maximum Gasteiger partial charge on any atom is 0.411 e. The Kier molecular flexibility index (Phi) is 6.96. The van der Waals surface area contributed by atoms with E-state index in [1.807, 2.05) is 0 Å². The van der Waals surface area contributed by atoms with Gasteiger partial charge >= 0.3 is 6.18 Å². The maximum atomic E-state index is 11.8. The Labute approximate surface area is 107 Å². The number of ether oxygens (including phenoxy) is 1. The molecule has 1 heterocycles. The fraction of sp³-hybridized carbons (Fsp3) is 1.00. The summed E-state index contributed by atoms with van der Waals surface area (Å²) in [6.07, 6.45) is -1.29. The van der Waals surface area contributed by atoms with Crippen LogP contribution in [0.15, 0.2) is 0 Å². The Hall–Kier alpha value is -0.330. The van der Waals surface area contributed by atoms with E-state index in [-0.39, 0.29) is 6.61 Å². The molecule has 18 heavy (non-hydrogen) atoms. The smallest absolute Gasteiger partial charge is 0.372 e. The first kappa shape index (κ1) is 15.7. The minimum Gasteiger partial charge on any atom is -0.372 e. The number of nitrogens with zero attached hydrogens (tertiary/aromatic N) is 1. The van der Waals surface area contributed by atoms with E-state index >= 15 is 0 Å². The highest BCUT2D eigenvalue weighted by Gasteiger charge is 2.27. The second kappa shape index (κ2) is 7.96. The number of rotatable bonds is 7. The van der Waals surface area contributed by atoms with Crippen LogP contribution in [0.25, 0.3) is 0 Å². The summed E-state index contributed by atoms with van der Waals surface area (Å²) in [5.74, 6) is 0. The summed E-state index contributed by atoms with van der Waals surface area (Å²) in [6.45, 7) is 5.03. The van der Waals surface area contributed by atoms with Crippen LogP contribution in [0.5, 0.6) is 0 Å². The third kappa shape index (κ3) is 7.18. The van der Waals surface area contributed by atoms with Crippen molar-refractivity contribution in [3.05, 3.63) is 0 Å². The zero-order valence-corrected chi connectivity index (χ0v) is 10.9. The lowest BCUT2D eigenvalue weighted by atomic mass is 10.1. The van der Waals surface area contributed by atoms with E-state index in [2.05, 4.69) is 21.9 Å². The molecule has 0 aliphatic carbocycles. The lowest BCUT2D eigenvalue weighted by Crippen LogP contribution is -2.42. The first-order chi connectivity index (χ1) is 8.51. The van der Waals surface area contributed by atoms with Gasteiger partial charge in [0.15, 0.2) is 0 Å². The number of alkyl halides is 3. The number of hydrogen-bond donors (Lipinski definition) is 1. The highest BCUT2D eigenvalue weighted by Crippen LogP contribution is 2.14. The van der Waals surface area contributed by atoms with Crippen LogP contribution >= 0.6 is 0 Å². The van der Waals surface area contributed by atoms with Crippen LogP contribution in [0.4, 0.5) is 13.2 Å². The summed E-state index contributed by atoms with van der Waals surface area (Å²) in [5, 5.41) is 3.42. The van der Waals surface area contributed by atoms with Crippen LogP contribution in [0.2, 0.25) is 0 Å². The van der Waals surface area contributed by atoms with Crippen LogP contribution in [-0.4, -0.2) is 56.5 Å². The third-order valence-corrected chi connectivity index (χ3v) is 3.11. The van der Waals surface area contributed by atoms with Crippen molar-refractivity contribution in [2.45, 2.75) is 38.4 Å². The predicted octanol–water partition coefficient (Wildman–Crippen LogP) is 2.03. The monoisotopic (exact) mass is 268 g/mol. The van der Waals surface area contributed by atoms with Crippen molar-refractivity contribution in [1.29, 1.82) is 0 Å². The van der Waals surface area contributed by atoms with E-state index in [0.717, 1.165) is 39.0 Å². The zero-order valence-electron chi connectivity index (χ0n) is 10.9. The molecule has 0 aromatic rings. The normalized spacial score (nSPS) is 19.3. The SMILES string of the molecule is CCNC1CCN(CCCOCC(F)(F)F)CC1. The van der Waals surface area contributed by atoms with E-state index in [4.69, 9.17) is 0 Å². The average molecular weight is 268 g/mol. The molecule has 0 aromatic carbocycles. The molecule has 1 aliphatic heterocycles. The summed E-state index contributed by atoms with van der Waals surface area (Å²) in [7, 11) is 0. The summed E-state index contributed by atoms with van der Waals surface area (Å²) < 4.78 is 40.0. The molecule has 0 bridgehead atoms. The fourth-order valence-corrected chi connectivity index (χ4v) is 2.23. The van der Waals surface area contributed by atoms with Gasteiger partial charge in [-0.05, 0) is 38.9 Å². The van der Waals surface area contributed by atoms with Gasteiger partial charge in [0.1, 0.15) is 6.61 Å². The van der Waals surface area contributed by atoms with Gasteiger partial charge in [-0.3, -0.25) is 0 Å². The lowest BCUT2D eigenvalue weighted by molar-refractivity contribution is -0.174. The summed E-state index contributed by atoms with van der Waals surface area (Å²) in [4.78, 5) is 2.30. The van der Waals surface area contributed by atoms with Crippen molar-refractivity contribution in [2.24, 2.45) is 0 Å². The van der Waals surface area contributed by atoms with Gasteiger partial charge in [-0.15, -0.1) is 0 Å². The number of halogens is 3. The van der Waals surface area contributed by atoms with E-state index in [9.17, 15) is 13.2 Å². The molecule has 1 saturated heterocycles. The van der Waals surface area contributed by atoms with Crippen molar-refractivity contribution in [2.75, 3.05) is 39.4 Å². The van der Waals surface area contributed by atoms with Crippen molar-refractivity contribution < 1.29 is 17.9 Å². The minimum atomic E-state index is -4.20. The van der Waals surface area contributed by atoms with E-state index in [1.54, 1.807) is 0 Å². The summed E-state index contributed by atoms with van der Waals surface area (Å²) in [6, 6.07) is 0.604. The van der Waals surface area contributed by atoms with Gasteiger partial charge in [0, 0.05) is 19.2 Å². The molecular formula is C12H23F3N2O. The molecule has 108 valence electrons. The van der Waals surface area contributed by atoms with Crippen LogP contribution in [0, 0.1) is 0 Å². The maximum absolute atomic E-state index is 11.8. The Bertz CT molecular complexity index is 216. The molecule has 1 N–H and O–H groups in total. The predicted molar refractivity (Wildman–Crippen MR) is 64.6 cm³/mol. The molecule has 6 heteroatoms. The Morgan fingerprint density at radius 3 is 2.50 bits per heavy atom. The summed E-state index contributed by atoms with van der Waals surface area (Å²) >= 11 is 0. The molecule has 1 fully saturated rings. The lowest BCUT2D eigenvalue weighted by Gasteiger charge is -2.32. The molecule has 1 aliphatic rings. The van der Waals surface area contributed by atoms with Crippen molar-refractivity contribution in [1.82, 2.24) is 10.2 Å². The average Bonchev–Trinajstić information content (AvgIpc) is 2.30. The number of piperidine rings is 1. The second-order valence-corrected chi connectivity index (χ2v) is 4.69. The van der Waals surface area contributed by atoms with Gasteiger partial charge in [0.05, 0.1) is 0 Å². The van der Waals surface area contributed by atoms with Crippen LogP contribution in [0.3, 0.4) is 0 Å². The number of nitrogens with one attached hydrogen (secondary N) is 1. The topological polar surface area (TPSA) is 24.5 Å². The molecule has 0 aromatic heterocycles. The quantitative estimate of drug-likeness (QED) is 0.715. The molecule has 0 amide bonds. The van der Waals surface area contributed by atoms with E-state index < -0.39 is 12.8 Å². The summed E-state index contributed by atoms with van der Waals surface area (Å²) in [5.41, 5.74) is 0. The second-order valence-electron chi connectivity index (χ2n) is 4.69. The largest absolute Gasteiger partial charge is 0.411 e. The molecule has 0 saturated carbocycles. The fourth-order valence-electron chi connectivity index (χ4n) is 2.23. The van der Waals surface area contributed by atoms with E-state index in [1.165, 1.54) is 0 Å². The Morgan fingerprint density at radius 1 is 1.28 bits per heavy atom. The number of hydrogen-bond acceptors (Lipinski definition) is 3. The number of likely N-dealkylation sites (tertiary alicyclic amines) is 1. The van der Waals surface area contributed by atoms with Gasteiger partial charge in [0.2, 0.25) is 0 Å². The first-order valence-electron chi connectivity index (χ1n) is 6.61. The van der Waals surface area contributed by atoms with Crippen LogP contribution in [0.1, 0.15) is 26.2 Å². The Morgan fingerprint density at radius 2 is 1.94 bits per heavy atom. The van der Waals surface area contributed by atoms with Gasteiger partial charge < -0.3 is 15.0 Å². The highest BCUT2D eigenvalue weighted by atomic mass is 19.4. The molecule has 0 spiro atoms. The first-order valence-corrected chi connectivity index (χ1v) is 6.61. The highest BCUT2D eigenvalue weighted by molar-refractivity contribution is 4.76. The molecule has 0 unspecified atom stereocenters. The van der Waals surface area contributed by atoms with Crippen molar-refractivity contribution in [3.8, 4) is 0 Å². The van der Waals surface area contributed by atoms with Crippen LogP contribution < -0.4 is 5.32 Å². The minimum absolute atomic E-state index is 0.187. The Balaban J connectivity index is 1.98. The van der Waals surface area contributed by atoms with Crippen molar-refractivity contribution in [3.63, 3.8) is 0 Å². The van der Waals surface area contributed by atoms with Gasteiger partial charge in [-0.25, -0.2) is 0 Å². The molecular weight excluding hydrogens is 245 g/mol.